The molecule has 6 heteroatoms. The third kappa shape index (κ3) is 5.06. The second-order valence-electron chi connectivity index (χ2n) is 5.23. The molecule has 1 amide bonds. The predicted octanol–water partition coefficient (Wildman–Crippen LogP) is 3.79. The highest BCUT2D eigenvalue weighted by molar-refractivity contribution is 6.31. The van der Waals surface area contributed by atoms with Crippen molar-refractivity contribution < 1.29 is 18.7 Å². The van der Waals surface area contributed by atoms with E-state index in [1.807, 2.05) is 30.3 Å². The van der Waals surface area contributed by atoms with Crippen LogP contribution in [0.25, 0.3) is 0 Å². The molecule has 2 aromatic rings. The molecule has 2 aromatic carbocycles. The normalized spacial score (nSPS) is 11.6. The first kappa shape index (κ1) is 17.9. The molecule has 0 aromatic heterocycles. The lowest BCUT2D eigenvalue weighted by Crippen LogP contribution is -2.28. The Bertz CT molecular complexity index is 701. The van der Waals surface area contributed by atoms with E-state index < -0.39 is 17.8 Å². The van der Waals surface area contributed by atoms with Gasteiger partial charge in [-0.05, 0) is 17.7 Å². The number of benzene rings is 2. The van der Waals surface area contributed by atoms with Gasteiger partial charge in [0.25, 0.3) is 0 Å². The van der Waals surface area contributed by atoms with E-state index in [2.05, 4.69) is 5.32 Å². The molecule has 24 heavy (non-hydrogen) atoms. The van der Waals surface area contributed by atoms with Gasteiger partial charge in [0, 0.05) is 12.5 Å². The molecule has 0 radical (unpaired) electrons. The van der Waals surface area contributed by atoms with Crippen LogP contribution in [0, 0.1) is 5.82 Å². The molecule has 126 valence electrons. The summed E-state index contributed by atoms with van der Waals surface area (Å²) in [4.78, 5) is 23.4. The molecule has 1 atom stereocenters. The minimum Gasteiger partial charge on any atom is -0.461 e. The highest BCUT2D eigenvalue weighted by Crippen LogP contribution is 2.21. The van der Waals surface area contributed by atoms with Crippen molar-refractivity contribution in [2.24, 2.45) is 0 Å². The minimum absolute atomic E-state index is 0.0599. The van der Waals surface area contributed by atoms with Crippen molar-refractivity contribution in [3.63, 3.8) is 0 Å². The highest BCUT2D eigenvalue weighted by Gasteiger charge is 2.18. The fraction of sp³-hybridized carbons (Fsp3) is 0.222. The summed E-state index contributed by atoms with van der Waals surface area (Å²) in [5, 5.41) is 2.91. The fourth-order valence-electron chi connectivity index (χ4n) is 2.23. The van der Waals surface area contributed by atoms with Crippen molar-refractivity contribution in [1.82, 2.24) is 5.32 Å². The Morgan fingerprint density at radius 2 is 1.88 bits per heavy atom. The van der Waals surface area contributed by atoms with E-state index >= 15 is 0 Å². The fourth-order valence-corrected chi connectivity index (χ4v) is 2.45. The van der Waals surface area contributed by atoms with Gasteiger partial charge in [-0.15, -0.1) is 0 Å². The summed E-state index contributed by atoms with van der Waals surface area (Å²) in [6.45, 7) is 1.12. The Kier molecular flexibility index (Phi) is 6.32. The SMILES string of the molecule is CC(=O)N[C@@H](CC(=O)OCc1c(F)cccc1Cl)c1ccccc1. The molecule has 0 aliphatic rings. The number of carbonyl (C=O) groups excluding carboxylic acids is 2. The number of amides is 1. The van der Waals surface area contributed by atoms with Crippen LogP contribution in [-0.4, -0.2) is 11.9 Å². The lowest BCUT2D eigenvalue weighted by atomic mass is 10.0. The first-order valence-corrected chi connectivity index (χ1v) is 7.75. The van der Waals surface area contributed by atoms with E-state index in [0.717, 1.165) is 5.56 Å². The van der Waals surface area contributed by atoms with Crippen LogP contribution >= 0.6 is 11.6 Å². The summed E-state index contributed by atoms with van der Waals surface area (Å²) < 4.78 is 18.8. The topological polar surface area (TPSA) is 55.4 Å². The Hall–Kier alpha value is -2.40. The maximum absolute atomic E-state index is 13.7. The van der Waals surface area contributed by atoms with E-state index in [-0.39, 0.29) is 29.5 Å². The second-order valence-corrected chi connectivity index (χ2v) is 5.64. The van der Waals surface area contributed by atoms with Crippen LogP contribution in [0.2, 0.25) is 5.02 Å². The van der Waals surface area contributed by atoms with Crippen LogP contribution in [0.3, 0.4) is 0 Å². The van der Waals surface area contributed by atoms with Gasteiger partial charge in [-0.2, -0.15) is 0 Å². The van der Waals surface area contributed by atoms with E-state index in [1.54, 1.807) is 0 Å². The van der Waals surface area contributed by atoms with Gasteiger partial charge in [-0.3, -0.25) is 9.59 Å². The molecule has 0 unspecified atom stereocenters. The van der Waals surface area contributed by atoms with Gasteiger partial charge < -0.3 is 10.1 Å². The molecule has 4 nitrogen and oxygen atoms in total. The maximum Gasteiger partial charge on any atom is 0.308 e. The maximum atomic E-state index is 13.7. The number of ether oxygens (including phenoxy) is 1. The molecule has 0 aliphatic carbocycles. The van der Waals surface area contributed by atoms with E-state index in [9.17, 15) is 14.0 Å². The van der Waals surface area contributed by atoms with Gasteiger partial charge in [-0.25, -0.2) is 4.39 Å². The largest absolute Gasteiger partial charge is 0.461 e. The monoisotopic (exact) mass is 349 g/mol. The molecule has 0 fully saturated rings. The predicted molar refractivity (Wildman–Crippen MR) is 88.8 cm³/mol. The molecule has 0 heterocycles. The van der Waals surface area contributed by atoms with Crippen LogP contribution in [0.4, 0.5) is 4.39 Å². The van der Waals surface area contributed by atoms with Gasteiger partial charge in [0.1, 0.15) is 12.4 Å². The molecule has 0 spiro atoms. The summed E-state index contributed by atoms with van der Waals surface area (Å²) in [6.07, 6.45) is -0.0599. The van der Waals surface area contributed by atoms with Crippen LogP contribution < -0.4 is 5.32 Å². The number of carbonyl (C=O) groups is 2. The molecule has 0 saturated carbocycles. The van der Waals surface area contributed by atoms with Crippen LogP contribution in [0.1, 0.15) is 30.5 Å². The van der Waals surface area contributed by atoms with Crippen LogP contribution in [0.15, 0.2) is 48.5 Å². The summed E-state index contributed by atoms with van der Waals surface area (Å²) >= 11 is 5.90. The zero-order chi connectivity index (χ0) is 17.5. The van der Waals surface area contributed by atoms with Gasteiger partial charge in [0.2, 0.25) is 5.91 Å². The molecule has 0 bridgehead atoms. The number of hydrogen-bond donors (Lipinski definition) is 1. The van der Waals surface area contributed by atoms with Gasteiger partial charge in [0.05, 0.1) is 17.5 Å². The van der Waals surface area contributed by atoms with Gasteiger partial charge in [-0.1, -0.05) is 48.0 Å². The summed E-state index contributed by atoms with van der Waals surface area (Å²) in [5.41, 5.74) is 0.914. The standard InChI is InChI=1S/C18H17ClFNO3/c1-12(22)21-17(13-6-3-2-4-7-13)10-18(23)24-11-14-15(19)8-5-9-16(14)20/h2-9,17H,10-11H2,1H3,(H,21,22)/t17-/m0/s1. The summed E-state index contributed by atoms with van der Waals surface area (Å²) in [6, 6.07) is 12.8. The molecule has 2 rings (SSSR count). The highest BCUT2D eigenvalue weighted by atomic mass is 35.5. The Morgan fingerprint density at radius 1 is 1.17 bits per heavy atom. The van der Waals surface area contributed by atoms with Gasteiger partial charge in [0.15, 0.2) is 0 Å². The first-order chi connectivity index (χ1) is 11.5. The van der Waals surface area contributed by atoms with Crippen molar-refractivity contribution in [3.8, 4) is 0 Å². The zero-order valence-electron chi connectivity index (χ0n) is 13.1. The Balaban J connectivity index is 2.01. The average Bonchev–Trinajstić information content (AvgIpc) is 2.54. The van der Waals surface area contributed by atoms with Crippen molar-refractivity contribution >= 4 is 23.5 Å². The lowest BCUT2D eigenvalue weighted by molar-refractivity contribution is -0.145. The third-order valence-corrected chi connectivity index (χ3v) is 3.74. The first-order valence-electron chi connectivity index (χ1n) is 7.38. The van der Waals surface area contributed by atoms with Crippen LogP contribution in [0.5, 0.6) is 0 Å². The molecule has 1 N–H and O–H groups in total. The summed E-state index contributed by atoms with van der Waals surface area (Å²) in [5.74, 6) is -1.34. The smallest absolute Gasteiger partial charge is 0.308 e. The van der Waals surface area contributed by atoms with Crippen molar-refractivity contribution in [1.29, 1.82) is 0 Å². The van der Waals surface area contributed by atoms with Crippen molar-refractivity contribution in [2.45, 2.75) is 26.0 Å². The van der Waals surface area contributed by atoms with E-state index in [4.69, 9.17) is 16.3 Å². The van der Waals surface area contributed by atoms with E-state index in [0.29, 0.717) is 0 Å². The van der Waals surface area contributed by atoms with Crippen molar-refractivity contribution in [2.75, 3.05) is 0 Å². The lowest BCUT2D eigenvalue weighted by Gasteiger charge is -2.17. The van der Waals surface area contributed by atoms with Crippen LogP contribution in [-0.2, 0) is 20.9 Å². The zero-order valence-corrected chi connectivity index (χ0v) is 13.8. The van der Waals surface area contributed by atoms with Gasteiger partial charge >= 0.3 is 5.97 Å². The minimum atomic E-state index is -0.558. The Labute approximate surface area is 144 Å². The number of halogens is 2. The van der Waals surface area contributed by atoms with Crippen molar-refractivity contribution in [3.05, 3.63) is 70.5 Å². The number of esters is 1. The third-order valence-electron chi connectivity index (χ3n) is 3.39. The number of nitrogens with one attached hydrogen (secondary N) is 1. The quantitative estimate of drug-likeness (QED) is 0.807. The second kappa shape index (κ2) is 8.45. The molecular formula is C18H17ClFNO3. The van der Waals surface area contributed by atoms with E-state index in [1.165, 1.54) is 25.1 Å². The average molecular weight is 350 g/mol. The molecular weight excluding hydrogens is 333 g/mol. The molecule has 0 aliphatic heterocycles. The summed E-state index contributed by atoms with van der Waals surface area (Å²) in [7, 11) is 0. The number of rotatable bonds is 6. The Morgan fingerprint density at radius 3 is 2.50 bits per heavy atom. The number of hydrogen-bond acceptors (Lipinski definition) is 3. The molecule has 0 saturated heterocycles.